The third-order valence-corrected chi connectivity index (χ3v) is 6.39. The lowest BCUT2D eigenvalue weighted by molar-refractivity contribution is -0.117. The van der Waals surface area contributed by atoms with Gasteiger partial charge in [0.25, 0.3) is 0 Å². The molecule has 3 aliphatic rings. The Kier molecular flexibility index (Phi) is 5.43. The van der Waals surface area contributed by atoms with Gasteiger partial charge in [-0.25, -0.2) is 0 Å². The molecule has 0 amide bonds. The molecule has 2 aliphatic carbocycles. The molecule has 1 heterocycles. The maximum Gasteiger partial charge on any atom is 0.179 e. The van der Waals surface area contributed by atoms with Gasteiger partial charge in [0.05, 0.1) is 18.7 Å². The SMILES string of the molecule is CCOc1cc(C2C3=C(CCCC3=O)N(C)C3=C2C(=O)CCC3)cc(Cl)c1OC. The molecule has 6 heteroatoms. The van der Waals surface area contributed by atoms with E-state index >= 15 is 0 Å². The van der Waals surface area contributed by atoms with Crippen LogP contribution in [0.1, 0.15) is 56.9 Å². The first-order chi connectivity index (χ1) is 14.0. The van der Waals surface area contributed by atoms with Crippen LogP contribution >= 0.6 is 11.6 Å². The minimum absolute atomic E-state index is 0.123. The van der Waals surface area contributed by atoms with Gasteiger partial charge in [0, 0.05) is 48.3 Å². The summed E-state index contributed by atoms with van der Waals surface area (Å²) >= 11 is 6.52. The molecule has 1 aromatic rings. The Bertz CT molecular complexity index is 902. The van der Waals surface area contributed by atoms with Gasteiger partial charge in [0.15, 0.2) is 23.1 Å². The molecule has 0 radical (unpaired) electrons. The minimum Gasteiger partial charge on any atom is -0.491 e. The third kappa shape index (κ3) is 3.25. The standard InChI is InChI=1S/C23H26ClNO4/c1-4-29-19-12-13(11-14(24)23(19)28-3)20-21-15(7-5-9-17(21)26)25(2)16-8-6-10-18(27)22(16)20/h11-12,20H,4-10H2,1-3H3. The average Bonchev–Trinajstić information content (AvgIpc) is 2.69. The largest absolute Gasteiger partial charge is 0.491 e. The normalized spacial score (nSPS) is 20.1. The first kappa shape index (κ1) is 20.0. The predicted molar refractivity (Wildman–Crippen MR) is 111 cm³/mol. The van der Waals surface area contributed by atoms with Crippen LogP contribution in [0.2, 0.25) is 5.02 Å². The number of carbonyl (C=O) groups is 2. The van der Waals surface area contributed by atoms with Crippen LogP contribution in [0, 0.1) is 0 Å². The molecule has 0 aromatic heterocycles. The van der Waals surface area contributed by atoms with E-state index in [4.69, 9.17) is 21.1 Å². The molecule has 0 atom stereocenters. The van der Waals surface area contributed by atoms with Crippen molar-refractivity contribution in [1.82, 2.24) is 4.90 Å². The Hall–Kier alpha value is -2.27. The lowest BCUT2D eigenvalue weighted by Crippen LogP contribution is -2.37. The number of benzene rings is 1. The minimum atomic E-state index is -0.389. The van der Waals surface area contributed by atoms with Crippen LogP contribution in [-0.4, -0.2) is 37.2 Å². The van der Waals surface area contributed by atoms with Gasteiger partial charge in [-0.1, -0.05) is 11.6 Å². The van der Waals surface area contributed by atoms with E-state index in [0.29, 0.717) is 36.0 Å². The summed E-state index contributed by atoms with van der Waals surface area (Å²) in [5, 5.41) is 0.420. The van der Waals surface area contributed by atoms with E-state index in [2.05, 4.69) is 4.90 Å². The fourth-order valence-electron chi connectivity index (χ4n) is 4.90. The van der Waals surface area contributed by atoms with Crippen molar-refractivity contribution in [2.24, 2.45) is 0 Å². The quantitative estimate of drug-likeness (QED) is 0.707. The molecule has 0 bridgehead atoms. The fraction of sp³-hybridized carbons (Fsp3) is 0.478. The van der Waals surface area contributed by atoms with Crippen molar-refractivity contribution in [3.05, 3.63) is 45.3 Å². The molecule has 0 unspecified atom stereocenters. The lowest BCUT2D eigenvalue weighted by atomic mass is 9.71. The molecular formula is C23H26ClNO4. The molecule has 4 rings (SSSR count). The zero-order chi connectivity index (χ0) is 20.7. The maximum absolute atomic E-state index is 13.1. The zero-order valence-corrected chi connectivity index (χ0v) is 17.9. The summed E-state index contributed by atoms with van der Waals surface area (Å²) in [5.41, 5.74) is 4.40. The Morgan fingerprint density at radius 1 is 1.03 bits per heavy atom. The van der Waals surface area contributed by atoms with Crippen molar-refractivity contribution in [2.75, 3.05) is 20.8 Å². The Labute approximate surface area is 176 Å². The highest BCUT2D eigenvalue weighted by atomic mass is 35.5. The van der Waals surface area contributed by atoms with Gasteiger partial charge in [0.1, 0.15) is 0 Å². The zero-order valence-electron chi connectivity index (χ0n) is 17.1. The number of Topliss-reactive ketones (excluding diaryl/α,β-unsaturated/α-hetero) is 2. The van der Waals surface area contributed by atoms with Crippen LogP contribution in [0.15, 0.2) is 34.7 Å². The highest BCUT2D eigenvalue weighted by molar-refractivity contribution is 6.32. The number of hydrogen-bond donors (Lipinski definition) is 0. The van der Waals surface area contributed by atoms with Gasteiger partial charge in [-0.15, -0.1) is 0 Å². The molecule has 0 spiro atoms. The lowest BCUT2D eigenvalue weighted by Gasteiger charge is -2.42. The van der Waals surface area contributed by atoms with Crippen LogP contribution in [0.4, 0.5) is 0 Å². The van der Waals surface area contributed by atoms with E-state index in [-0.39, 0.29) is 17.5 Å². The van der Waals surface area contributed by atoms with E-state index in [0.717, 1.165) is 53.8 Å². The second kappa shape index (κ2) is 7.86. The first-order valence-corrected chi connectivity index (χ1v) is 10.6. The Morgan fingerprint density at radius 2 is 1.62 bits per heavy atom. The van der Waals surface area contributed by atoms with Crippen LogP contribution in [0.25, 0.3) is 0 Å². The fourth-order valence-corrected chi connectivity index (χ4v) is 5.20. The number of allylic oxidation sites excluding steroid dienone is 4. The number of rotatable bonds is 4. The van der Waals surface area contributed by atoms with Crippen LogP contribution in [0.3, 0.4) is 0 Å². The van der Waals surface area contributed by atoms with E-state index < -0.39 is 0 Å². The summed E-state index contributed by atoms with van der Waals surface area (Å²) in [6.45, 7) is 2.36. The van der Waals surface area contributed by atoms with Crippen molar-refractivity contribution in [2.45, 2.75) is 51.4 Å². The van der Waals surface area contributed by atoms with Gasteiger partial charge in [-0.2, -0.15) is 0 Å². The summed E-state index contributed by atoms with van der Waals surface area (Å²) in [7, 11) is 3.54. The highest BCUT2D eigenvalue weighted by Gasteiger charge is 2.42. The van der Waals surface area contributed by atoms with Crippen LogP contribution in [-0.2, 0) is 9.59 Å². The molecule has 5 nitrogen and oxygen atoms in total. The monoisotopic (exact) mass is 415 g/mol. The van der Waals surface area contributed by atoms with Crippen molar-refractivity contribution in [1.29, 1.82) is 0 Å². The van der Waals surface area contributed by atoms with Gasteiger partial charge in [-0.3, -0.25) is 9.59 Å². The van der Waals surface area contributed by atoms with E-state index in [1.165, 1.54) is 0 Å². The van der Waals surface area contributed by atoms with E-state index in [1.807, 2.05) is 26.1 Å². The Balaban J connectivity index is 1.96. The van der Waals surface area contributed by atoms with Crippen molar-refractivity contribution in [3.8, 4) is 11.5 Å². The van der Waals surface area contributed by atoms with Crippen LogP contribution in [0.5, 0.6) is 11.5 Å². The average molecular weight is 416 g/mol. The summed E-state index contributed by atoms with van der Waals surface area (Å²) < 4.78 is 11.2. The molecule has 29 heavy (non-hydrogen) atoms. The van der Waals surface area contributed by atoms with Gasteiger partial charge in [0.2, 0.25) is 0 Å². The number of carbonyl (C=O) groups excluding carboxylic acids is 2. The second-order valence-corrected chi connectivity index (χ2v) is 8.14. The van der Waals surface area contributed by atoms with Gasteiger partial charge >= 0.3 is 0 Å². The molecule has 0 N–H and O–H groups in total. The summed E-state index contributed by atoms with van der Waals surface area (Å²) in [6.07, 6.45) is 4.42. The summed E-state index contributed by atoms with van der Waals surface area (Å²) in [4.78, 5) is 28.2. The van der Waals surface area contributed by atoms with Gasteiger partial charge < -0.3 is 14.4 Å². The van der Waals surface area contributed by atoms with Crippen molar-refractivity contribution < 1.29 is 19.1 Å². The number of methoxy groups -OCH3 is 1. The molecule has 1 aliphatic heterocycles. The van der Waals surface area contributed by atoms with E-state index in [1.54, 1.807) is 7.11 Å². The van der Waals surface area contributed by atoms with Crippen molar-refractivity contribution in [3.63, 3.8) is 0 Å². The smallest absolute Gasteiger partial charge is 0.179 e. The number of ketones is 2. The predicted octanol–water partition coefficient (Wildman–Crippen LogP) is 4.79. The topological polar surface area (TPSA) is 55.8 Å². The molecule has 0 saturated heterocycles. The third-order valence-electron chi connectivity index (χ3n) is 6.11. The first-order valence-electron chi connectivity index (χ1n) is 10.2. The van der Waals surface area contributed by atoms with Crippen LogP contribution < -0.4 is 9.47 Å². The maximum atomic E-state index is 13.1. The molecule has 0 fully saturated rings. The number of ether oxygens (including phenoxy) is 2. The molecule has 0 saturated carbocycles. The molecule has 1 aromatic carbocycles. The number of hydrogen-bond acceptors (Lipinski definition) is 5. The van der Waals surface area contributed by atoms with Gasteiger partial charge in [-0.05, 0) is 50.3 Å². The summed E-state index contributed by atoms with van der Waals surface area (Å²) in [6, 6.07) is 3.70. The number of nitrogens with zero attached hydrogens (tertiary/aromatic N) is 1. The molecular weight excluding hydrogens is 390 g/mol. The Morgan fingerprint density at radius 3 is 2.14 bits per heavy atom. The summed E-state index contributed by atoms with van der Waals surface area (Å²) in [5.74, 6) is 0.862. The highest BCUT2D eigenvalue weighted by Crippen LogP contribution is 2.50. The van der Waals surface area contributed by atoms with E-state index in [9.17, 15) is 9.59 Å². The molecule has 154 valence electrons. The second-order valence-electron chi connectivity index (χ2n) is 7.73. The van der Waals surface area contributed by atoms with Crippen molar-refractivity contribution >= 4 is 23.2 Å². The number of halogens is 1.